The second-order valence-electron chi connectivity index (χ2n) is 5.94. The van der Waals surface area contributed by atoms with Crippen LogP contribution in [0, 0.1) is 0 Å². The summed E-state index contributed by atoms with van der Waals surface area (Å²) in [6.45, 7) is 10.5. The third-order valence-corrected chi connectivity index (χ3v) is 4.30. The first-order valence-corrected chi connectivity index (χ1v) is 8.33. The van der Waals surface area contributed by atoms with Gasteiger partial charge in [0, 0.05) is 30.7 Å². The van der Waals surface area contributed by atoms with Crippen LogP contribution in [0.3, 0.4) is 0 Å². The maximum Gasteiger partial charge on any atom is 0.0678 e. The molecule has 0 amide bonds. The summed E-state index contributed by atoms with van der Waals surface area (Å²) in [5.41, 5.74) is 1.20. The Morgan fingerprint density at radius 2 is 1.95 bits per heavy atom. The van der Waals surface area contributed by atoms with Crippen LogP contribution in [-0.4, -0.2) is 43.3 Å². The molecule has 21 heavy (non-hydrogen) atoms. The molecular weight excluding hydrogens is 284 g/mol. The Labute approximate surface area is 133 Å². The zero-order valence-corrected chi connectivity index (χ0v) is 14.1. The van der Waals surface area contributed by atoms with Crippen molar-refractivity contribution < 1.29 is 4.74 Å². The molecule has 1 fully saturated rings. The zero-order valence-electron chi connectivity index (χ0n) is 13.3. The van der Waals surface area contributed by atoms with Crippen LogP contribution in [0.15, 0.2) is 24.3 Å². The van der Waals surface area contributed by atoms with Crippen molar-refractivity contribution in [1.82, 2.24) is 10.2 Å². The lowest BCUT2D eigenvalue weighted by Gasteiger charge is -2.36. The Morgan fingerprint density at radius 1 is 1.29 bits per heavy atom. The summed E-state index contributed by atoms with van der Waals surface area (Å²) >= 11 is 6.35. The van der Waals surface area contributed by atoms with Crippen LogP contribution < -0.4 is 5.32 Å². The molecule has 1 aromatic rings. The van der Waals surface area contributed by atoms with Gasteiger partial charge in [0.05, 0.1) is 12.2 Å². The summed E-state index contributed by atoms with van der Waals surface area (Å²) < 4.78 is 5.80. The number of hydrogen-bond acceptors (Lipinski definition) is 3. The van der Waals surface area contributed by atoms with E-state index in [0.29, 0.717) is 18.2 Å². The summed E-state index contributed by atoms with van der Waals surface area (Å²) in [6, 6.07) is 8.46. The van der Waals surface area contributed by atoms with Gasteiger partial charge in [0.1, 0.15) is 0 Å². The SMILES string of the molecule is CCNC(CCN1CC(C)OC(C)C1)c1ccccc1Cl. The van der Waals surface area contributed by atoms with Gasteiger partial charge in [-0.25, -0.2) is 0 Å². The van der Waals surface area contributed by atoms with Crippen molar-refractivity contribution in [2.75, 3.05) is 26.2 Å². The van der Waals surface area contributed by atoms with Crippen LogP contribution >= 0.6 is 11.6 Å². The Kier molecular flexibility index (Phi) is 6.49. The smallest absolute Gasteiger partial charge is 0.0678 e. The minimum Gasteiger partial charge on any atom is -0.373 e. The second-order valence-corrected chi connectivity index (χ2v) is 6.34. The van der Waals surface area contributed by atoms with Crippen LogP contribution in [0.25, 0.3) is 0 Å². The fourth-order valence-corrected chi connectivity index (χ4v) is 3.42. The van der Waals surface area contributed by atoms with E-state index in [4.69, 9.17) is 16.3 Å². The van der Waals surface area contributed by atoms with Crippen molar-refractivity contribution in [1.29, 1.82) is 0 Å². The molecule has 0 spiro atoms. The number of nitrogens with one attached hydrogen (secondary N) is 1. The number of hydrogen-bond donors (Lipinski definition) is 1. The lowest BCUT2D eigenvalue weighted by Crippen LogP contribution is -2.46. The third-order valence-electron chi connectivity index (χ3n) is 3.96. The zero-order chi connectivity index (χ0) is 15.2. The maximum atomic E-state index is 6.35. The first-order chi connectivity index (χ1) is 10.1. The van der Waals surface area contributed by atoms with Crippen LogP contribution in [0.2, 0.25) is 5.02 Å². The molecule has 3 atom stereocenters. The Bertz CT molecular complexity index is 431. The quantitative estimate of drug-likeness (QED) is 0.870. The highest BCUT2D eigenvalue weighted by Gasteiger charge is 2.23. The van der Waals surface area contributed by atoms with Crippen molar-refractivity contribution >= 4 is 11.6 Å². The molecule has 118 valence electrons. The molecule has 0 radical (unpaired) electrons. The molecule has 0 aliphatic carbocycles. The van der Waals surface area contributed by atoms with Crippen molar-refractivity contribution in [3.8, 4) is 0 Å². The standard InChI is InChI=1S/C17H27ClN2O/c1-4-19-17(15-7-5-6-8-16(15)18)9-10-20-11-13(2)21-14(3)12-20/h5-8,13-14,17,19H,4,9-12H2,1-3H3. The van der Waals surface area contributed by atoms with Crippen molar-refractivity contribution in [2.45, 2.75) is 45.4 Å². The van der Waals surface area contributed by atoms with Gasteiger partial charge in [0.15, 0.2) is 0 Å². The van der Waals surface area contributed by atoms with Gasteiger partial charge in [-0.2, -0.15) is 0 Å². The summed E-state index contributed by atoms with van der Waals surface area (Å²) in [5, 5.41) is 4.41. The molecule has 4 heteroatoms. The highest BCUT2D eigenvalue weighted by atomic mass is 35.5. The Morgan fingerprint density at radius 3 is 2.57 bits per heavy atom. The molecule has 1 aliphatic rings. The van der Waals surface area contributed by atoms with Gasteiger partial charge < -0.3 is 10.1 Å². The second kappa shape index (κ2) is 8.14. The summed E-state index contributed by atoms with van der Waals surface area (Å²) in [4.78, 5) is 2.50. The van der Waals surface area contributed by atoms with E-state index in [1.807, 2.05) is 12.1 Å². The topological polar surface area (TPSA) is 24.5 Å². The largest absolute Gasteiger partial charge is 0.373 e. The predicted octanol–water partition coefficient (Wildman–Crippen LogP) is 3.49. The first-order valence-electron chi connectivity index (χ1n) is 7.95. The van der Waals surface area contributed by atoms with Crippen LogP contribution in [0.5, 0.6) is 0 Å². The van der Waals surface area contributed by atoms with E-state index >= 15 is 0 Å². The third kappa shape index (κ3) is 4.96. The highest BCUT2D eigenvalue weighted by Crippen LogP contribution is 2.25. The van der Waals surface area contributed by atoms with E-state index in [9.17, 15) is 0 Å². The molecule has 1 N–H and O–H groups in total. The van der Waals surface area contributed by atoms with Crippen LogP contribution in [0.1, 0.15) is 38.8 Å². The maximum absolute atomic E-state index is 6.35. The van der Waals surface area contributed by atoms with Gasteiger partial charge in [0.2, 0.25) is 0 Å². The van der Waals surface area contributed by atoms with Gasteiger partial charge in [-0.1, -0.05) is 36.7 Å². The molecule has 1 aromatic carbocycles. The first kappa shape index (κ1) is 16.8. The van der Waals surface area contributed by atoms with E-state index < -0.39 is 0 Å². The van der Waals surface area contributed by atoms with E-state index in [-0.39, 0.29) is 0 Å². The molecular formula is C17H27ClN2O. The number of halogens is 1. The predicted molar refractivity (Wildman–Crippen MR) is 88.9 cm³/mol. The lowest BCUT2D eigenvalue weighted by atomic mass is 10.0. The van der Waals surface area contributed by atoms with Crippen molar-refractivity contribution in [2.24, 2.45) is 0 Å². The Hall–Kier alpha value is -0.610. The van der Waals surface area contributed by atoms with Gasteiger partial charge in [-0.15, -0.1) is 0 Å². The van der Waals surface area contributed by atoms with Crippen molar-refractivity contribution in [3.63, 3.8) is 0 Å². The number of rotatable bonds is 6. The summed E-state index contributed by atoms with van der Waals surface area (Å²) in [7, 11) is 0. The minimum atomic E-state index is 0.317. The van der Waals surface area contributed by atoms with Gasteiger partial charge in [0.25, 0.3) is 0 Å². The molecule has 1 aliphatic heterocycles. The van der Waals surface area contributed by atoms with E-state index in [1.54, 1.807) is 0 Å². The Balaban J connectivity index is 1.96. The lowest BCUT2D eigenvalue weighted by molar-refractivity contribution is -0.0685. The van der Waals surface area contributed by atoms with Gasteiger partial charge in [-0.05, 0) is 38.4 Å². The summed E-state index contributed by atoms with van der Waals surface area (Å²) in [5.74, 6) is 0. The van der Waals surface area contributed by atoms with Crippen LogP contribution in [0.4, 0.5) is 0 Å². The minimum absolute atomic E-state index is 0.317. The fraction of sp³-hybridized carbons (Fsp3) is 0.647. The fourth-order valence-electron chi connectivity index (χ4n) is 3.15. The normalized spacial score (nSPS) is 25.0. The molecule has 2 rings (SSSR count). The van der Waals surface area contributed by atoms with E-state index in [2.05, 4.69) is 43.1 Å². The van der Waals surface area contributed by atoms with E-state index in [1.165, 1.54) is 5.56 Å². The van der Waals surface area contributed by atoms with Crippen molar-refractivity contribution in [3.05, 3.63) is 34.9 Å². The van der Waals surface area contributed by atoms with Gasteiger partial charge in [-0.3, -0.25) is 4.90 Å². The molecule has 0 bridgehead atoms. The molecule has 0 saturated carbocycles. The number of morpholine rings is 1. The average Bonchev–Trinajstić information content (AvgIpc) is 2.43. The van der Waals surface area contributed by atoms with Gasteiger partial charge >= 0.3 is 0 Å². The molecule has 3 nitrogen and oxygen atoms in total. The molecule has 1 saturated heterocycles. The molecule has 0 aromatic heterocycles. The number of nitrogens with zero attached hydrogens (tertiary/aromatic N) is 1. The number of ether oxygens (including phenoxy) is 1. The molecule has 3 unspecified atom stereocenters. The van der Waals surface area contributed by atoms with E-state index in [0.717, 1.165) is 37.6 Å². The summed E-state index contributed by atoms with van der Waals surface area (Å²) in [6.07, 6.45) is 1.72. The number of benzene rings is 1. The highest BCUT2D eigenvalue weighted by molar-refractivity contribution is 6.31. The average molecular weight is 311 g/mol. The molecule has 1 heterocycles. The monoisotopic (exact) mass is 310 g/mol. The van der Waals surface area contributed by atoms with Crippen LogP contribution in [-0.2, 0) is 4.74 Å².